The maximum Gasteiger partial charge on any atom is 0.416 e. The number of hydrogen-bond acceptors (Lipinski definition) is 7. The second-order valence-electron chi connectivity index (χ2n) is 6.72. The summed E-state index contributed by atoms with van der Waals surface area (Å²) in [4.78, 5) is 15.1. The summed E-state index contributed by atoms with van der Waals surface area (Å²) in [6.45, 7) is 1.98. The minimum absolute atomic E-state index is 0.175. The monoisotopic (exact) mass is 466 g/mol. The van der Waals surface area contributed by atoms with E-state index in [2.05, 4.69) is 30.5 Å². The molecule has 0 radical (unpaired) electrons. The second-order valence-corrected chi connectivity index (χ2v) is 8.35. The van der Waals surface area contributed by atoms with Crippen molar-refractivity contribution in [1.29, 1.82) is 0 Å². The molecular formula is C20H18ClF3N6S. The fraction of sp³-hybridized carbons (Fsp3) is 0.250. The van der Waals surface area contributed by atoms with E-state index in [1.165, 1.54) is 18.3 Å². The number of aromatic nitrogens is 3. The molecule has 1 aromatic carbocycles. The molecule has 1 fully saturated rings. The molecule has 11 heteroatoms. The number of nitrogens with zero attached hydrogens (tertiary/aromatic N) is 4. The highest BCUT2D eigenvalue weighted by molar-refractivity contribution is 7.99. The van der Waals surface area contributed by atoms with Gasteiger partial charge >= 0.3 is 6.18 Å². The lowest BCUT2D eigenvalue weighted by Crippen LogP contribution is -2.32. The molecule has 162 valence electrons. The number of benzene rings is 1. The molecule has 3 aromatic rings. The first-order chi connectivity index (χ1) is 14.9. The van der Waals surface area contributed by atoms with Crippen molar-refractivity contribution in [2.24, 2.45) is 0 Å². The summed E-state index contributed by atoms with van der Waals surface area (Å²) in [7, 11) is 0. The summed E-state index contributed by atoms with van der Waals surface area (Å²) in [5.41, 5.74) is 0.496. The van der Waals surface area contributed by atoms with Crippen molar-refractivity contribution >= 4 is 52.3 Å². The van der Waals surface area contributed by atoms with Crippen molar-refractivity contribution in [1.82, 2.24) is 15.0 Å². The average Bonchev–Trinajstić information content (AvgIpc) is 2.77. The lowest BCUT2D eigenvalue weighted by Gasteiger charge is -2.28. The Hall–Kier alpha value is -2.72. The molecule has 4 rings (SSSR count). The van der Waals surface area contributed by atoms with Gasteiger partial charge in [-0.25, -0.2) is 9.97 Å². The summed E-state index contributed by atoms with van der Waals surface area (Å²) in [5, 5.41) is 5.97. The fourth-order valence-corrected chi connectivity index (χ4v) is 4.05. The van der Waals surface area contributed by atoms with Gasteiger partial charge in [0.15, 0.2) is 5.82 Å². The highest BCUT2D eigenvalue weighted by atomic mass is 35.5. The van der Waals surface area contributed by atoms with E-state index in [0.29, 0.717) is 5.82 Å². The number of hydrogen-bond donors (Lipinski definition) is 2. The Morgan fingerprint density at radius 2 is 1.81 bits per heavy atom. The summed E-state index contributed by atoms with van der Waals surface area (Å²) in [6.07, 6.45) is -1.28. The Balaban J connectivity index is 1.48. The van der Waals surface area contributed by atoms with Gasteiger partial charge in [0.1, 0.15) is 10.8 Å². The van der Waals surface area contributed by atoms with Crippen LogP contribution in [0.4, 0.5) is 42.1 Å². The molecule has 0 spiro atoms. The van der Waals surface area contributed by atoms with E-state index in [1.54, 1.807) is 6.20 Å². The molecule has 31 heavy (non-hydrogen) atoms. The molecule has 0 bridgehead atoms. The van der Waals surface area contributed by atoms with E-state index in [0.717, 1.165) is 42.4 Å². The molecule has 0 aliphatic carbocycles. The fourth-order valence-electron chi connectivity index (χ4n) is 3.01. The predicted molar refractivity (Wildman–Crippen MR) is 119 cm³/mol. The number of thioether (sulfide) groups is 1. The van der Waals surface area contributed by atoms with Gasteiger partial charge in [0.2, 0.25) is 5.95 Å². The first kappa shape index (κ1) is 21.5. The molecule has 1 saturated heterocycles. The van der Waals surface area contributed by atoms with E-state index < -0.39 is 11.7 Å². The molecule has 3 heterocycles. The molecule has 2 N–H and O–H groups in total. The minimum atomic E-state index is -4.44. The quantitative estimate of drug-likeness (QED) is 0.508. The number of pyridine rings is 1. The molecule has 6 nitrogen and oxygen atoms in total. The molecular weight excluding hydrogens is 449 g/mol. The number of nitrogens with one attached hydrogen (secondary N) is 2. The van der Waals surface area contributed by atoms with Gasteiger partial charge < -0.3 is 15.5 Å². The summed E-state index contributed by atoms with van der Waals surface area (Å²) in [6, 6.07) is 8.60. The molecule has 0 saturated carbocycles. The number of halogens is 4. The van der Waals surface area contributed by atoms with Crippen molar-refractivity contribution in [2.45, 2.75) is 6.18 Å². The standard InChI is InChI=1S/C20H18ClF3N6S/c21-16-12-26-19(28-17-5-4-15(11-25-17)30-6-8-31-9-7-30)29-18(16)27-14-3-1-2-13(10-14)20(22,23)24/h1-5,10-12H,6-9H2,(H2,25,26,27,28,29). The van der Waals surface area contributed by atoms with Crippen LogP contribution >= 0.6 is 23.4 Å². The van der Waals surface area contributed by atoms with Crippen LogP contribution < -0.4 is 15.5 Å². The van der Waals surface area contributed by atoms with Crippen LogP contribution in [0.15, 0.2) is 48.8 Å². The van der Waals surface area contributed by atoms with Crippen molar-refractivity contribution < 1.29 is 13.2 Å². The van der Waals surface area contributed by atoms with Gasteiger partial charge in [0, 0.05) is 30.3 Å². The molecule has 1 aliphatic heterocycles. The topological polar surface area (TPSA) is 66.0 Å². The van der Waals surface area contributed by atoms with Crippen LogP contribution in [0.1, 0.15) is 5.56 Å². The molecule has 2 aromatic heterocycles. The number of anilines is 5. The third-order valence-corrected chi connectivity index (χ3v) is 5.78. The number of rotatable bonds is 5. The molecule has 0 atom stereocenters. The van der Waals surface area contributed by atoms with Gasteiger partial charge in [-0.2, -0.15) is 29.9 Å². The van der Waals surface area contributed by atoms with Crippen LogP contribution in [0.2, 0.25) is 5.02 Å². The highest BCUT2D eigenvalue weighted by Crippen LogP contribution is 2.32. The maximum atomic E-state index is 12.9. The molecule has 0 amide bonds. The maximum absolute atomic E-state index is 12.9. The van der Waals surface area contributed by atoms with Crippen molar-refractivity contribution in [2.75, 3.05) is 40.1 Å². The summed E-state index contributed by atoms with van der Waals surface area (Å²) in [5.74, 6) is 3.14. The average molecular weight is 467 g/mol. The highest BCUT2D eigenvalue weighted by Gasteiger charge is 2.30. The Morgan fingerprint density at radius 3 is 2.52 bits per heavy atom. The van der Waals surface area contributed by atoms with Crippen molar-refractivity contribution in [3.05, 3.63) is 59.4 Å². The van der Waals surface area contributed by atoms with Gasteiger partial charge in [-0.3, -0.25) is 0 Å². The van der Waals surface area contributed by atoms with E-state index in [1.807, 2.05) is 23.9 Å². The zero-order valence-corrected chi connectivity index (χ0v) is 17.7. The Bertz CT molecular complexity index is 1040. The smallest absolute Gasteiger partial charge is 0.369 e. The third-order valence-electron chi connectivity index (χ3n) is 4.56. The Morgan fingerprint density at radius 1 is 1.00 bits per heavy atom. The minimum Gasteiger partial charge on any atom is -0.369 e. The normalized spacial score (nSPS) is 14.4. The van der Waals surface area contributed by atoms with Gasteiger partial charge in [0.05, 0.1) is 23.6 Å². The van der Waals surface area contributed by atoms with Gasteiger partial charge in [-0.05, 0) is 30.3 Å². The van der Waals surface area contributed by atoms with Crippen LogP contribution in [0.5, 0.6) is 0 Å². The Labute approximate surface area is 186 Å². The second kappa shape index (κ2) is 9.19. The summed E-state index contributed by atoms with van der Waals surface area (Å²) < 4.78 is 38.8. The van der Waals surface area contributed by atoms with E-state index in [4.69, 9.17) is 11.6 Å². The van der Waals surface area contributed by atoms with Crippen LogP contribution in [0.3, 0.4) is 0 Å². The third kappa shape index (κ3) is 5.50. The van der Waals surface area contributed by atoms with E-state index in [-0.39, 0.29) is 22.5 Å². The van der Waals surface area contributed by atoms with Crippen LogP contribution in [0.25, 0.3) is 0 Å². The molecule has 0 unspecified atom stereocenters. The van der Waals surface area contributed by atoms with Crippen molar-refractivity contribution in [3.8, 4) is 0 Å². The van der Waals surface area contributed by atoms with E-state index >= 15 is 0 Å². The van der Waals surface area contributed by atoms with Crippen LogP contribution in [-0.4, -0.2) is 39.5 Å². The van der Waals surface area contributed by atoms with E-state index in [9.17, 15) is 13.2 Å². The zero-order valence-electron chi connectivity index (χ0n) is 16.2. The Kier molecular flexibility index (Phi) is 6.38. The van der Waals surface area contributed by atoms with Crippen LogP contribution in [0, 0.1) is 0 Å². The number of alkyl halides is 3. The predicted octanol–water partition coefficient (Wildman–Crippen LogP) is 5.58. The zero-order chi connectivity index (χ0) is 21.8. The van der Waals surface area contributed by atoms with Crippen molar-refractivity contribution in [3.63, 3.8) is 0 Å². The van der Waals surface area contributed by atoms with Gasteiger partial charge in [-0.15, -0.1) is 0 Å². The SMILES string of the molecule is FC(F)(F)c1cccc(Nc2nc(Nc3ccc(N4CCSCC4)cn3)ncc2Cl)c1. The van der Waals surface area contributed by atoms with Gasteiger partial charge in [-0.1, -0.05) is 17.7 Å². The molecule has 1 aliphatic rings. The lowest BCUT2D eigenvalue weighted by atomic mass is 10.2. The largest absolute Gasteiger partial charge is 0.416 e. The van der Waals surface area contributed by atoms with Gasteiger partial charge in [0.25, 0.3) is 0 Å². The summed E-state index contributed by atoms with van der Waals surface area (Å²) >= 11 is 8.06. The first-order valence-electron chi connectivity index (χ1n) is 9.41. The lowest BCUT2D eigenvalue weighted by molar-refractivity contribution is -0.137. The van der Waals surface area contributed by atoms with Crippen LogP contribution in [-0.2, 0) is 6.18 Å². The first-order valence-corrected chi connectivity index (χ1v) is 10.9.